The van der Waals surface area contributed by atoms with Gasteiger partial charge in [-0.15, -0.1) is 0 Å². The molecule has 0 aliphatic carbocycles. The Kier molecular flexibility index (Phi) is 6.25. The van der Waals surface area contributed by atoms with Gasteiger partial charge in [-0.1, -0.05) is 0 Å². The second kappa shape index (κ2) is 8.71. The monoisotopic (exact) mass is 479 g/mol. The normalized spacial score (nSPS) is 21.9. The first-order chi connectivity index (χ1) is 15.5. The van der Waals surface area contributed by atoms with Crippen LogP contribution >= 0.6 is 10.6 Å². The van der Waals surface area contributed by atoms with Gasteiger partial charge in [0.15, 0.2) is 5.82 Å². The lowest BCUT2D eigenvalue weighted by Crippen LogP contribution is -2.44. The zero-order valence-electron chi connectivity index (χ0n) is 19.2. The fourth-order valence-electron chi connectivity index (χ4n) is 4.15. The maximum Gasteiger partial charge on any atom is 0.319 e. The van der Waals surface area contributed by atoms with Gasteiger partial charge in [-0.05, 0) is 45.9 Å². The van der Waals surface area contributed by atoms with Crippen LogP contribution in [0.4, 0.5) is 20.7 Å². The van der Waals surface area contributed by atoms with E-state index in [9.17, 15) is 13.9 Å². The number of urea groups is 1. The van der Waals surface area contributed by atoms with Crippen LogP contribution < -0.4 is 15.5 Å². The molecular weight excluding hydrogens is 449 g/mol. The lowest BCUT2D eigenvalue weighted by Gasteiger charge is -2.40. The number of nitrogens with one attached hydrogen (secondary N) is 2. The van der Waals surface area contributed by atoms with Gasteiger partial charge >= 0.3 is 6.03 Å². The standard InChI is InChI=1S/C22H30FN5O4S/c1-5-24-21(29)25-14-6-7-15(17(23)10-14)19-26-18-16(12-33(30,31)22(18,3)4)20(27-19)28-8-9-32-11-13(28)2/h6-7,10,13,30-31H,5,8-9,11-12H2,1-4H3,(H2,24,25,29). The number of aromatic nitrogens is 2. The van der Waals surface area contributed by atoms with E-state index in [0.717, 1.165) is 0 Å². The number of nitrogens with zero attached hydrogens (tertiary/aromatic N) is 3. The van der Waals surface area contributed by atoms with Gasteiger partial charge in [-0.3, -0.25) is 9.11 Å². The molecule has 2 amide bonds. The minimum atomic E-state index is -3.01. The van der Waals surface area contributed by atoms with Crippen LogP contribution in [0.3, 0.4) is 0 Å². The van der Waals surface area contributed by atoms with Gasteiger partial charge in [-0.25, -0.2) is 19.2 Å². The topological polar surface area (TPSA) is 120 Å². The summed E-state index contributed by atoms with van der Waals surface area (Å²) in [5, 5.41) is 5.18. The summed E-state index contributed by atoms with van der Waals surface area (Å²) in [5.41, 5.74) is 1.68. The average molecular weight is 480 g/mol. The number of amides is 2. The van der Waals surface area contributed by atoms with Gasteiger partial charge < -0.3 is 20.3 Å². The summed E-state index contributed by atoms with van der Waals surface area (Å²) in [7, 11) is -3.01. The van der Waals surface area contributed by atoms with Crippen LogP contribution in [0.5, 0.6) is 0 Å². The minimum Gasteiger partial charge on any atom is -0.377 e. The van der Waals surface area contributed by atoms with E-state index in [2.05, 4.69) is 20.5 Å². The maximum atomic E-state index is 15.1. The van der Waals surface area contributed by atoms with Crippen LogP contribution in [0.25, 0.3) is 11.4 Å². The number of morpholine rings is 1. The van der Waals surface area contributed by atoms with Crippen molar-refractivity contribution < 1.29 is 23.0 Å². The molecule has 180 valence electrons. The molecule has 0 bridgehead atoms. The number of carbonyl (C=O) groups excluding carboxylic acids is 1. The van der Waals surface area contributed by atoms with Crippen LogP contribution in [0.2, 0.25) is 0 Å². The Hall–Kier alpha value is -2.47. The molecule has 0 saturated carbocycles. The Morgan fingerprint density at radius 1 is 1.36 bits per heavy atom. The third kappa shape index (κ3) is 4.25. The first-order valence-corrected chi connectivity index (χ1v) is 12.6. The van der Waals surface area contributed by atoms with E-state index in [0.29, 0.717) is 49.1 Å². The molecule has 1 aromatic heterocycles. The molecule has 0 spiro atoms. The summed E-state index contributed by atoms with van der Waals surface area (Å²) in [6, 6.07) is 3.92. The molecule has 4 N–H and O–H groups in total. The molecule has 0 radical (unpaired) electrons. The molecule has 4 rings (SSSR count). The maximum absolute atomic E-state index is 15.1. The Morgan fingerprint density at radius 3 is 2.79 bits per heavy atom. The van der Waals surface area contributed by atoms with Crippen molar-refractivity contribution >= 4 is 28.1 Å². The number of hydrogen-bond acceptors (Lipinski definition) is 7. The van der Waals surface area contributed by atoms with Crippen molar-refractivity contribution in [2.24, 2.45) is 0 Å². The second-order valence-corrected chi connectivity index (χ2v) is 11.5. The van der Waals surface area contributed by atoms with Crippen molar-refractivity contribution in [3.8, 4) is 11.4 Å². The van der Waals surface area contributed by atoms with E-state index in [1.54, 1.807) is 26.8 Å². The first kappa shape index (κ1) is 23.7. The number of hydrogen-bond donors (Lipinski definition) is 4. The number of carbonyl (C=O) groups is 1. The molecule has 3 heterocycles. The van der Waals surface area contributed by atoms with Gasteiger partial charge in [0.1, 0.15) is 11.6 Å². The van der Waals surface area contributed by atoms with Crippen molar-refractivity contribution in [1.82, 2.24) is 15.3 Å². The lowest BCUT2D eigenvalue weighted by atomic mass is 10.0. The van der Waals surface area contributed by atoms with Gasteiger partial charge in [-0.2, -0.15) is 10.6 Å². The number of anilines is 2. The zero-order chi connectivity index (χ0) is 24.0. The SMILES string of the molecule is CCNC(=O)Nc1ccc(-c2nc(N3CCOCC3C)c3c(n2)C(C)(C)S(O)(O)C3)c(F)c1. The summed E-state index contributed by atoms with van der Waals surface area (Å²) < 4.78 is 41.3. The molecule has 33 heavy (non-hydrogen) atoms. The highest BCUT2D eigenvalue weighted by molar-refractivity contribution is 8.24. The largest absolute Gasteiger partial charge is 0.377 e. The molecule has 11 heteroatoms. The fraction of sp³-hybridized carbons (Fsp3) is 0.500. The summed E-state index contributed by atoms with van der Waals surface area (Å²) in [5.74, 6) is 0.218. The predicted octanol–water partition coefficient (Wildman–Crippen LogP) is 4.15. The third-order valence-corrected chi connectivity index (χ3v) is 8.68. The highest BCUT2D eigenvalue weighted by Crippen LogP contribution is 2.66. The van der Waals surface area contributed by atoms with Crippen molar-refractivity contribution in [2.45, 2.75) is 44.2 Å². The Labute approximate surface area is 194 Å². The van der Waals surface area contributed by atoms with E-state index in [1.165, 1.54) is 12.1 Å². The Morgan fingerprint density at radius 2 is 2.12 bits per heavy atom. The first-order valence-electron chi connectivity index (χ1n) is 10.9. The van der Waals surface area contributed by atoms with Crippen LogP contribution in [-0.4, -0.2) is 57.4 Å². The number of rotatable bonds is 4. The van der Waals surface area contributed by atoms with Crippen LogP contribution in [0.1, 0.15) is 39.0 Å². The van der Waals surface area contributed by atoms with E-state index in [4.69, 9.17) is 9.72 Å². The van der Waals surface area contributed by atoms with Crippen LogP contribution in [-0.2, 0) is 15.2 Å². The van der Waals surface area contributed by atoms with Crippen LogP contribution in [0, 0.1) is 5.82 Å². The van der Waals surface area contributed by atoms with Crippen LogP contribution in [0.15, 0.2) is 18.2 Å². The van der Waals surface area contributed by atoms with Gasteiger partial charge in [0, 0.05) is 24.3 Å². The highest BCUT2D eigenvalue weighted by atomic mass is 32.3. The lowest BCUT2D eigenvalue weighted by molar-refractivity contribution is 0.0984. The summed E-state index contributed by atoms with van der Waals surface area (Å²) >= 11 is 0. The number of fused-ring (bicyclic) bond motifs is 1. The van der Waals surface area contributed by atoms with E-state index < -0.39 is 27.2 Å². The average Bonchev–Trinajstić information content (AvgIpc) is 2.92. The molecule has 1 atom stereocenters. The number of benzene rings is 1. The Balaban J connectivity index is 1.80. The quantitative estimate of drug-likeness (QED) is 0.520. The van der Waals surface area contributed by atoms with Crippen molar-refractivity contribution in [2.75, 3.05) is 36.5 Å². The van der Waals surface area contributed by atoms with Crippen molar-refractivity contribution in [3.63, 3.8) is 0 Å². The second-order valence-electron chi connectivity index (χ2n) is 8.82. The predicted molar refractivity (Wildman–Crippen MR) is 127 cm³/mol. The van der Waals surface area contributed by atoms with E-state index >= 15 is 4.39 Å². The zero-order valence-corrected chi connectivity index (χ0v) is 20.0. The molecule has 1 aromatic carbocycles. The summed E-state index contributed by atoms with van der Waals surface area (Å²) in [4.78, 5) is 23.2. The summed E-state index contributed by atoms with van der Waals surface area (Å²) in [6.45, 7) is 9.36. The molecule has 2 aromatic rings. The van der Waals surface area contributed by atoms with Crippen molar-refractivity contribution in [3.05, 3.63) is 35.3 Å². The van der Waals surface area contributed by atoms with E-state index in [-0.39, 0.29) is 23.2 Å². The number of ether oxygens (including phenoxy) is 1. The molecule has 1 unspecified atom stereocenters. The van der Waals surface area contributed by atoms with Gasteiger partial charge in [0.25, 0.3) is 0 Å². The molecule has 2 aliphatic heterocycles. The molecular formula is C22H30FN5O4S. The molecule has 1 saturated heterocycles. The van der Waals surface area contributed by atoms with Gasteiger partial charge in [0.05, 0.1) is 41.0 Å². The number of halogens is 1. The minimum absolute atomic E-state index is 0.0181. The fourth-order valence-corrected chi connectivity index (χ4v) is 5.66. The smallest absolute Gasteiger partial charge is 0.319 e. The van der Waals surface area contributed by atoms with Gasteiger partial charge in [0.2, 0.25) is 0 Å². The van der Waals surface area contributed by atoms with E-state index in [1.807, 2.05) is 6.92 Å². The molecule has 9 nitrogen and oxygen atoms in total. The van der Waals surface area contributed by atoms with Crippen molar-refractivity contribution in [1.29, 1.82) is 0 Å². The summed E-state index contributed by atoms with van der Waals surface area (Å²) in [6.07, 6.45) is 0. The molecule has 2 aliphatic rings. The molecule has 1 fully saturated rings. The highest BCUT2D eigenvalue weighted by Gasteiger charge is 2.48. The third-order valence-electron chi connectivity index (χ3n) is 6.16. The Bertz CT molecular complexity index is 1080.